The SMILES string of the molecule is CC(NCC(C)(C)C)=C(C#N)C(N)=O. The number of amides is 1. The maximum atomic E-state index is 10.8. The summed E-state index contributed by atoms with van der Waals surface area (Å²) in [7, 11) is 0. The van der Waals surface area contributed by atoms with Gasteiger partial charge in [-0.3, -0.25) is 4.79 Å². The fraction of sp³-hybridized carbons (Fsp3) is 0.600. The highest BCUT2D eigenvalue weighted by molar-refractivity contribution is 5.96. The maximum Gasteiger partial charge on any atom is 0.261 e. The van der Waals surface area contributed by atoms with E-state index in [1.54, 1.807) is 13.0 Å². The molecule has 0 saturated heterocycles. The molecule has 78 valence electrons. The van der Waals surface area contributed by atoms with Crippen LogP contribution in [0.5, 0.6) is 0 Å². The van der Waals surface area contributed by atoms with Crippen LogP contribution in [0, 0.1) is 16.7 Å². The first-order valence-electron chi connectivity index (χ1n) is 4.42. The molecule has 3 N–H and O–H groups in total. The minimum absolute atomic E-state index is 0.00532. The lowest BCUT2D eigenvalue weighted by Gasteiger charge is -2.20. The lowest BCUT2D eigenvalue weighted by Crippen LogP contribution is -2.28. The average molecular weight is 195 g/mol. The highest BCUT2D eigenvalue weighted by Crippen LogP contribution is 2.11. The molecule has 0 aromatic rings. The zero-order valence-corrected chi connectivity index (χ0v) is 9.14. The van der Waals surface area contributed by atoms with Crippen molar-refractivity contribution in [1.29, 1.82) is 5.26 Å². The fourth-order valence-corrected chi connectivity index (χ4v) is 0.810. The summed E-state index contributed by atoms with van der Waals surface area (Å²) in [6, 6.07) is 1.78. The summed E-state index contributed by atoms with van der Waals surface area (Å²) < 4.78 is 0. The van der Waals surface area contributed by atoms with Crippen LogP contribution in [0.25, 0.3) is 0 Å². The molecule has 0 atom stereocenters. The number of carbonyl (C=O) groups is 1. The van der Waals surface area contributed by atoms with Crippen LogP contribution < -0.4 is 11.1 Å². The van der Waals surface area contributed by atoms with Crippen molar-refractivity contribution in [2.75, 3.05) is 6.54 Å². The van der Waals surface area contributed by atoms with Crippen molar-refractivity contribution < 1.29 is 4.79 Å². The van der Waals surface area contributed by atoms with E-state index in [0.29, 0.717) is 12.2 Å². The third kappa shape index (κ3) is 4.51. The monoisotopic (exact) mass is 195 g/mol. The van der Waals surface area contributed by atoms with Gasteiger partial charge in [0.15, 0.2) is 0 Å². The molecule has 0 unspecified atom stereocenters. The summed E-state index contributed by atoms with van der Waals surface area (Å²) in [5.74, 6) is -0.689. The van der Waals surface area contributed by atoms with Crippen LogP contribution in [0.3, 0.4) is 0 Å². The number of rotatable bonds is 3. The summed E-state index contributed by atoms with van der Waals surface area (Å²) in [5.41, 5.74) is 5.66. The molecule has 0 spiro atoms. The molecule has 0 bridgehead atoms. The standard InChI is InChI=1S/C10H17N3O/c1-7(8(5-11)9(12)14)13-6-10(2,3)4/h13H,6H2,1-4H3,(H2,12,14). The molecular weight excluding hydrogens is 178 g/mol. The molecule has 0 fully saturated rings. The third-order valence-corrected chi connectivity index (χ3v) is 1.62. The molecule has 14 heavy (non-hydrogen) atoms. The average Bonchev–Trinajstić information content (AvgIpc) is 2.00. The quantitative estimate of drug-likeness (QED) is 0.519. The van der Waals surface area contributed by atoms with E-state index < -0.39 is 5.91 Å². The molecule has 0 saturated carbocycles. The largest absolute Gasteiger partial charge is 0.387 e. The van der Waals surface area contributed by atoms with E-state index in [1.165, 1.54) is 0 Å². The van der Waals surface area contributed by atoms with Crippen molar-refractivity contribution in [2.24, 2.45) is 11.1 Å². The van der Waals surface area contributed by atoms with E-state index in [0.717, 1.165) is 0 Å². The summed E-state index contributed by atoms with van der Waals surface area (Å²) >= 11 is 0. The van der Waals surface area contributed by atoms with Gasteiger partial charge < -0.3 is 11.1 Å². The van der Waals surface area contributed by atoms with Gasteiger partial charge in [0.05, 0.1) is 0 Å². The summed E-state index contributed by atoms with van der Waals surface area (Å²) in [6.45, 7) is 8.54. The second-order valence-corrected chi connectivity index (χ2v) is 4.39. The second kappa shape index (κ2) is 4.66. The van der Waals surface area contributed by atoms with Crippen LogP contribution in [0.1, 0.15) is 27.7 Å². The fourth-order valence-electron chi connectivity index (χ4n) is 0.810. The number of nitrogens with zero attached hydrogens (tertiary/aromatic N) is 1. The minimum atomic E-state index is -0.689. The Bertz CT molecular complexity index is 291. The van der Waals surface area contributed by atoms with Crippen molar-refractivity contribution >= 4 is 5.91 Å². The van der Waals surface area contributed by atoms with Crippen molar-refractivity contribution in [3.63, 3.8) is 0 Å². The van der Waals surface area contributed by atoms with Crippen LogP contribution in [-0.2, 0) is 4.79 Å². The number of nitrogens with two attached hydrogens (primary N) is 1. The zero-order chi connectivity index (χ0) is 11.4. The van der Waals surface area contributed by atoms with Gasteiger partial charge in [-0.25, -0.2) is 0 Å². The van der Waals surface area contributed by atoms with E-state index in [-0.39, 0.29) is 11.0 Å². The third-order valence-electron chi connectivity index (χ3n) is 1.62. The van der Waals surface area contributed by atoms with Crippen molar-refractivity contribution in [2.45, 2.75) is 27.7 Å². The van der Waals surface area contributed by atoms with E-state index in [9.17, 15) is 4.79 Å². The van der Waals surface area contributed by atoms with Crippen LogP contribution >= 0.6 is 0 Å². The van der Waals surface area contributed by atoms with Crippen molar-refractivity contribution in [1.82, 2.24) is 5.32 Å². The van der Waals surface area contributed by atoms with Crippen LogP contribution in [0.4, 0.5) is 0 Å². The van der Waals surface area contributed by atoms with Crippen molar-refractivity contribution in [3.05, 3.63) is 11.3 Å². The first kappa shape index (κ1) is 12.5. The Morgan fingerprint density at radius 2 is 2.00 bits per heavy atom. The number of allylic oxidation sites excluding steroid dienone is 1. The normalized spacial score (nSPS) is 12.8. The maximum absolute atomic E-state index is 10.8. The van der Waals surface area contributed by atoms with Gasteiger partial charge in [0.25, 0.3) is 5.91 Å². The lowest BCUT2D eigenvalue weighted by molar-refractivity contribution is -0.114. The van der Waals surface area contributed by atoms with Crippen molar-refractivity contribution in [3.8, 4) is 6.07 Å². The molecule has 0 aromatic carbocycles. The van der Waals surface area contributed by atoms with Gasteiger partial charge in [-0.1, -0.05) is 20.8 Å². The van der Waals surface area contributed by atoms with E-state index >= 15 is 0 Å². The Kier molecular flexibility index (Phi) is 4.16. The molecule has 0 aliphatic rings. The summed E-state index contributed by atoms with van der Waals surface area (Å²) in [4.78, 5) is 10.8. The Balaban J connectivity index is 4.53. The number of hydrogen-bond donors (Lipinski definition) is 2. The molecule has 0 radical (unpaired) electrons. The van der Waals surface area contributed by atoms with Gasteiger partial charge in [0, 0.05) is 12.2 Å². The highest BCUT2D eigenvalue weighted by Gasteiger charge is 2.12. The summed E-state index contributed by atoms with van der Waals surface area (Å²) in [5, 5.41) is 11.7. The highest BCUT2D eigenvalue weighted by atomic mass is 16.1. The Labute approximate surface area is 84.8 Å². The van der Waals surface area contributed by atoms with Gasteiger partial charge in [0.1, 0.15) is 11.6 Å². The van der Waals surface area contributed by atoms with E-state index in [1.807, 2.05) is 0 Å². The molecule has 0 aliphatic heterocycles. The molecule has 4 heteroatoms. The molecule has 1 amide bonds. The van der Waals surface area contributed by atoms with E-state index in [2.05, 4.69) is 26.1 Å². The zero-order valence-electron chi connectivity index (χ0n) is 9.14. The van der Waals surface area contributed by atoms with Crippen LogP contribution in [0.15, 0.2) is 11.3 Å². The molecule has 0 aliphatic carbocycles. The number of nitriles is 1. The minimum Gasteiger partial charge on any atom is -0.387 e. The summed E-state index contributed by atoms with van der Waals surface area (Å²) in [6.07, 6.45) is 0. The number of carbonyl (C=O) groups excluding carboxylic acids is 1. The molecule has 0 aromatic heterocycles. The Hall–Kier alpha value is -1.50. The Morgan fingerprint density at radius 3 is 2.29 bits per heavy atom. The first-order chi connectivity index (χ1) is 6.28. The molecule has 0 rings (SSSR count). The molecule has 4 nitrogen and oxygen atoms in total. The second-order valence-electron chi connectivity index (χ2n) is 4.39. The predicted molar refractivity (Wildman–Crippen MR) is 55.0 cm³/mol. The first-order valence-corrected chi connectivity index (χ1v) is 4.42. The van der Waals surface area contributed by atoms with Crippen LogP contribution in [0.2, 0.25) is 0 Å². The molecular formula is C10H17N3O. The van der Waals surface area contributed by atoms with Gasteiger partial charge in [0.2, 0.25) is 0 Å². The number of primary amides is 1. The topological polar surface area (TPSA) is 78.9 Å². The smallest absolute Gasteiger partial charge is 0.261 e. The molecule has 0 heterocycles. The Morgan fingerprint density at radius 1 is 1.50 bits per heavy atom. The predicted octanol–water partition coefficient (Wildman–Crippen LogP) is 0.905. The van der Waals surface area contributed by atoms with Gasteiger partial charge in [-0.15, -0.1) is 0 Å². The van der Waals surface area contributed by atoms with Gasteiger partial charge in [-0.05, 0) is 12.3 Å². The lowest BCUT2D eigenvalue weighted by atomic mass is 9.97. The number of hydrogen-bond acceptors (Lipinski definition) is 3. The number of nitrogens with one attached hydrogen (secondary N) is 1. The van der Waals surface area contributed by atoms with Gasteiger partial charge in [-0.2, -0.15) is 5.26 Å². The van der Waals surface area contributed by atoms with Gasteiger partial charge >= 0.3 is 0 Å². The van der Waals surface area contributed by atoms with Crippen LogP contribution in [-0.4, -0.2) is 12.5 Å². The van der Waals surface area contributed by atoms with E-state index in [4.69, 9.17) is 11.0 Å².